The lowest BCUT2D eigenvalue weighted by Gasteiger charge is -2.16. The predicted molar refractivity (Wildman–Crippen MR) is 64.4 cm³/mol. The van der Waals surface area contributed by atoms with Crippen LogP contribution in [0.5, 0.6) is 0 Å². The molecule has 1 aromatic heterocycles. The standard InChI is InChI=1S/C10H13BrF3N3O/c1-5(2)9-16-7(11)3-8(17-9)15-4-6(18)10(12,13)14/h3,5-6,18H,4H2,1-2H3,(H,15,16,17). The summed E-state index contributed by atoms with van der Waals surface area (Å²) in [5.41, 5.74) is 0. The van der Waals surface area contributed by atoms with Gasteiger partial charge in [0.25, 0.3) is 0 Å². The van der Waals surface area contributed by atoms with Crippen LogP contribution in [0.1, 0.15) is 25.6 Å². The van der Waals surface area contributed by atoms with Gasteiger partial charge in [0.1, 0.15) is 16.2 Å². The van der Waals surface area contributed by atoms with E-state index in [9.17, 15) is 13.2 Å². The van der Waals surface area contributed by atoms with Crippen molar-refractivity contribution in [3.8, 4) is 0 Å². The van der Waals surface area contributed by atoms with Gasteiger partial charge in [-0.05, 0) is 15.9 Å². The van der Waals surface area contributed by atoms with Crippen LogP contribution in [0.3, 0.4) is 0 Å². The summed E-state index contributed by atoms with van der Waals surface area (Å²) in [7, 11) is 0. The number of aliphatic hydroxyl groups is 1. The van der Waals surface area contributed by atoms with Gasteiger partial charge in [0.05, 0.1) is 6.54 Å². The number of nitrogens with zero attached hydrogens (tertiary/aromatic N) is 2. The maximum atomic E-state index is 12.1. The Hall–Kier alpha value is -0.890. The number of alkyl halides is 3. The van der Waals surface area contributed by atoms with Gasteiger partial charge in [-0.3, -0.25) is 0 Å². The van der Waals surface area contributed by atoms with Crippen molar-refractivity contribution in [1.82, 2.24) is 9.97 Å². The Morgan fingerprint density at radius 1 is 1.39 bits per heavy atom. The maximum Gasteiger partial charge on any atom is 0.416 e. The highest BCUT2D eigenvalue weighted by molar-refractivity contribution is 9.10. The van der Waals surface area contributed by atoms with Crippen molar-refractivity contribution >= 4 is 21.7 Å². The topological polar surface area (TPSA) is 58.0 Å². The Kier molecular flexibility index (Phi) is 4.92. The van der Waals surface area contributed by atoms with Crippen LogP contribution in [-0.2, 0) is 0 Å². The molecule has 0 bridgehead atoms. The fraction of sp³-hybridized carbons (Fsp3) is 0.600. The van der Waals surface area contributed by atoms with Gasteiger partial charge in [-0.1, -0.05) is 13.8 Å². The molecule has 2 N–H and O–H groups in total. The molecular weight excluding hydrogens is 315 g/mol. The SMILES string of the molecule is CC(C)c1nc(Br)cc(NCC(O)C(F)(F)F)n1. The molecule has 0 fully saturated rings. The summed E-state index contributed by atoms with van der Waals surface area (Å²) in [6.45, 7) is 3.09. The molecule has 8 heteroatoms. The van der Waals surface area contributed by atoms with E-state index in [4.69, 9.17) is 5.11 Å². The third-order valence-corrected chi connectivity index (χ3v) is 2.49. The summed E-state index contributed by atoms with van der Waals surface area (Å²) < 4.78 is 36.8. The number of aromatic nitrogens is 2. The van der Waals surface area contributed by atoms with E-state index in [1.54, 1.807) is 0 Å². The van der Waals surface area contributed by atoms with E-state index in [0.717, 1.165) is 0 Å². The van der Waals surface area contributed by atoms with Crippen molar-refractivity contribution in [1.29, 1.82) is 0 Å². The van der Waals surface area contributed by atoms with Crippen molar-refractivity contribution in [3.63, 3.8) is 0 Å². The van der Waals surface area contributed by atoms with Crippen LogP contribution in [0, 0.1) is 0 Å². The molecule has 4 nitrogen and oxygen atoms in total. The molecule has 1 aromatic rings. The van der Waals surface area contributed by atoms with E-state index in [1.165, 1.54) is 6.07 Å². The second-order valence-corrected chi connectivity index (χ2v) is 4.84. The van der Waals surface area contributed by atoms with Crippen LogP contribution < -0.4 is 5.32 Å². The molecule has 18 heavy (non-hydrogen) atoms. The maximum absolute atomic E-state index is 12.1. The van der Waals surface area contributed by atoms with Crippen LogP contribution in [0.4, 0.5) is 19.0 Å². The van der Waals surface area contributed by atoms with Gasteiger partial charge in [0.15, 0.2) is 6.10 Å². The largest absolute Gasteiger partial charge is 0.416 e. The number of hydrogen-bond donors (Lipinski definition) is 2. The van der Waals surface area contributed by atoms with E-state index in [-0.39, 0.29) is 11.7 Å². The highest BCUT2D eigenvalue weighted by Crippen LogP contribution is 2.21. The van der Waals surface area contributed by atoms with Crippen LogP contribution in [0.2, 0.25) is 0 Å². The Labute approximate surface area is 111 Å². The third-order valence-electron chi connectivity index (χ3n) is 2.08. The molecule has 0 radical (unpaired) electrons. The first-order valence-electron chi connectivity index (χ1n) is 5.23. The first-order chi connectivity index (χ1) is 8.20. The molecule has 1 rings (SSSR count). The lowest BCUT2D eigenvalue weighted by atomic mass is 10.2. The summed E-state index contributed by atoms with van der Waals surface area (Å²) in [6.07, 6.45) is -7.06. The predicted octanol–water partition coefficient (Wildman–Crippen LogP) is 2.70. The Bertz CT molecular complexity index is 412. The Balaban J connectivity index is 2.73. The second-order valence-electron chi connectivity index (χ2n) is 4.03. The van der Waals surface area contributed by atoms with E-state index >= 15 is 0 Å². The average molecular weight is 328 g/mol. The second kappa shape index (κ2) is 5.83. The van der Waals surface area contributed by atoms with Gasteiger partial charge >= 0.3 is 6.18 Å². The summed E-state index contributed by atoms with van der Waals surface area (Å²) in [6, 6.07) is 1.45. The number of anilines is 1. The third kappa shape index (κ3) is 4.41. The highest BCUT2D eigenvalue weighted by Gasteiger charge is 2.37. The number of rotatable bonds is 4. The van der Waals surface area contributed by atoms with Crippen LogP contribution in [0.25, 0.3) is 0 Å². The highest BCUT2D eigenvalue weighted by atomic mass is 79.9. The van der Waals surface area contributed by atoms with Crippen molar-refractivity contribution < 1.29 is 18.3 Å². The molecule has 0 saturated heterocycles. The molecule has 0 saturated carbocycles. The minimum atomic E-state index is -4.64. The van der Waals surface area contributed by atoms with Crippen molar-refractivity contribution in [2.45, 2.75) is 32.0 Å². The molecule has 0 aliphatic rings. The smallest absolute Gasteiger partial charge is 0.382 e. The van der Waals surface area contributed by atoms with Gasteiger partial charge < -0.3 is 10.4 Å². The van der Waals surface area contributed by atoms with Crippen molar-refractivity contribution in [2.75, 3.05) is 11.9 Å². The quantitative estimate of drug-likeness (QED) is 0.835. The van der Waals surface area contributed by atoms with E-state index in [0.29, 0.717) is 10.4 Å². The minimum Gasteiger partial charge on any atom is -0.382 e. The van der Waals surface area contributed by atoms with Gasteiger partial charge in [-0.25, -0.2) is 9.97 Å². The fourth-order valence-corrected chi connectivity index (χ4v) is 1.50. The van der Waals surface area contributed by atoms with E-state index in [1.807, 2.05) is 13.8 Å². The Morgan fingerprint density at radius 3 is 2.50 bits per heavy atom. The van der Waals surface area contributed by atoms with Crippen LogP contribution in [0.15, 0.2) is 10.7 Å². The molecule has 1 atom stereocenters. The number of nitrogens with one attached hydrogen (secondary N) is 1. The van der Waals surface area contributed by atoms with Gasteiger partial charge in [-0.2, -0.15) is 13.2 Å². The van der Waals surface area contributed by atoms with E-state index < -0.39 is 18.8 Å². The van der Waals surface area contributed by atoms with Gasteiger partial charge in [0.2, 0.25) is 0 Å². The monoisotopic (exact) mass is 327 g/mol. The van der Waals surface area contributed by atoms with Gasteiger partial charge in [-0.15, -0.1) is 0 Å². The summed E-state index contributed by atoms with van der Waals surface area (Å²) in [5, 5.41) is 11.3. The number of hydrogen-bond acceptors (Lipinski definition) is 4. The molecule has 0 aliphatic heterocycles. The summed E-state index contributed by atoms with van der Waals surface area (Å²) >= 11 is 3.15. The minimum absolute atomic E-state index is 0.0515. The first-order valence-corrected chi connectivity index (χ1v) is 6.02. The lowest BCUT2D eigenvalue weighted by molar-refractivity contribution is -0.198. The van der Waals surface area contributed by atoms with E-state index in [2.05, 4.69) is 31.2 Å². The normalized spacial score (nSPS) is 13.8. The zero-order valence-corrected chi connectivity index (χ0v) is 11.4. The molecule has 0 aromatic carbocycles. The fourth-order valence-electron chi connectivity index (χ4n) is 1.10. The molecule has 0 aliphatic carbocycles. The average Bonchev–Trinajstić information content (AvgIpc) is 2.23. The van der Waals surface area contributed by atoms with Crippen molar-refractivity contribution in [3.05, 3.63) is 16.5 Å². The first kappa shape index (κ1) is 15.2. The zero-order valence-electron chi connectivity index (χ0n) is 9.79. The summed E-state index contributed by atoms with van der Waals surface area (Å²) in [4.78, 5) is 8.15. The van der Waals surface area contributed by atoms with Gasteiger partial charge in [0, 0.05) is 12.0 Å². The van der Waals surface area contributed by atoms with Crippen LogP contribution >= 0.6 is 15.9 Å². The molecule has 0 amide bonds. The number of aliphatic hydroxyl groups excluding tert-OH is 1. The molecule has 1 heterocycles. The summed E-state index contributed by atoms with van der Waals surface area (Å²) in [5.74, 6) is 0.799. The molecule has 1 unspecified atom stereocenters. The van der Waals surface area contributed by atoms with Crippen LogP contribution in [-0.4, -0.2) is 33.9 Å². The molecular formula is C10H13BrF3N3O. The van der Waals surface area contributed by atoms with Crippen molar-refractivity contribution in [2.24, 2.45) is 0 Å². The molecule has 102 valence electrons. The molecule has 0 spiro atoms. The number of halogens is 4. The zero-order chi connectivity index (χ0) is 13.9. The lowest BCUT2D eigenvalue weighted by Crippen LogP contribution is -2.35. The Morgan fingerprint density at radius 2 is 2.00 bits per heavy atom.